The largest absolute Gasteiger partial charge is 0.456 e. The molecule has 0 atom stereocenters. The molecule has 0 saturated heterocycles. The average Bonchev–Trinajstić information content (AvgIpc) is 3.91. The minimum atomic E-state index is -0.133. The van der Waals surface area contributed by atoms with Crippen LogP contribution in [0.2, 0.25) is 0 Å². The Kier molecular flexibility index (Phi) is 7.18. The molecule has 0 radical (unpaired) electrons. The normalized spacial score (nSPS) is 13.1. The Morgan fingerprint density at radius 2 is 1.14 bits per heavy atom. The Morgan fingerprint density at radius 3 is 2.07 bits per heavy atom. The smallest absolute Gasteiger partial charge is 0.137 e. The van der Waals surface area contributed by atoms with Crippen molar-refractivity contribution in [2.75, 3.05) is 4.90 Å². The molecule has 0 N–H and O–H groups in total. The van der Waals surface area contributed by atoms with E-state index in [9.17, 15) is 0 Å². The van der Waals surface area contributed by atoms with Gasteiger partial charge < -0.3 is 9.32 Å². The van der Waals surface area contributed by atoms with Crippen LogP contribution in [0.5, 0.6) is 0 Å². The van der Waals surface area contributed by atoms with Gasteiger partial charge in [-0.15, -0.1) is 11.3 Å². The Bertz CT molecular complexity index is 3460. The number of para-hydroxylation sites is 1. The zero-order chi connectivity index (χ0) is 38.5. The van der Waals surface area contributed by atoms with Gasteiger partial charge in [-0.2, -0.15) is 0 Å². The van der Waals surface area contributed by atoms with Crippen LogP contribution in [-0.2, 0) is 5.41 Å². The third kappa shape index (κ3) is 4.97. The predicted molar refractivity (Wildman–Crippen MR) is 247 cm³/mol. The van der Waals surface area contributed by atoms with Crippen LogP contribution in [-0.4, -0.2) is 0 Å². The highest BCUT2D eigenvalue weighted by Gasteiger charge is 2.36. The van der Waals surface area contributed by atoms with Crippen molar-refractivity contribution < 1.29 is 4.42 Å². The third-order valence-electron chi connectivity index (χ3n) is 12.4. The van der Waals surface area contributed by atoms with E-state index in [4.69, 9.17) is 4.42 Å². The molecule has 0 amide bonds. The first-order valence-electron chi connectivity index (χ1n) is 20.0. The van der Waals surface area contributed by atoms with Crippen molar-refractivity contribution in [3.05, 3.63) is 199 Å². The lowest BCUT2D eigenvalue weighted by Gasteiger charge is -2.28. The molecule has 0 aliphatic heterocycles. The lowest BCUT2D eigenvalue weighted by molar-refractivity contribution is 0.660. The second-order valence-corrected chi connectivity index (χ2v) is 17.2. The molecule has 2 heterocycles. The topological polar surface area (TPSA) is 16.4 Å². The molecule has 3 heteroatoms. The van der Waals surface area contributed by atoms with Gasteiger partial charge >= 0.3 is 0 Å². The van der Waals surface area contributed by atoms with Gasteiger partial charge in [0.05, 0.1) is 0 Å². The Balaban J connectivity index is 1.09. The fourth-order valence-corrected chi connectivity index (χ4v) is 10.8. The molecule has 58 heavy (non-hydrogen) atoms. The van der Waals surface area contributed by atoms with E-state index in [-0.39, 0.29) is 5.41 Å². The van der Waals surface area contributed by atoms with Gasteiger partial charge in [0.2, 0.25) is 0 Å². The molecule has 0 fully saturated rings. The summed E-state index contributed by atoms with van der Waals surface area (Å²) in [6.07, 6.45) is 0. The zero-order valence-corrected chi connectivity index (χ0v) is 33.0. The summed E-state index contributed by atoms with van der Waals surface area (Å²) in [4.78, 5) is 2.41. The van der Waals surface area contributed by atoms with Crippen molar-refractivity contribution in [2.24, 2.45) is 0 Å². The first kappa shape index (κ1) is 33.2. The Morgan fingerprint density at radius 1 is 0.431 bits per heavy atom. The van der Waals surface area contributed by atoms with Gasteiger partial charge in [-0.1, -0.05) is 135 Å². The number of benzene rings is 9. The molecule has 11 aromatic rings. The molecule has 0 unspecified atom stereocenters. The molecule has 274 valence electrons. The maximum atomic E-state index is 6.50. The number of hydrogen-bond donors (Lipinski definition) is 0. The first-order valence-corrected chi connectivity index (χ1v) is 20.8. The van der Waals surface area contributed by atoms with E-state index in [0.29, 0.717) is 0 Å². The number of anilines is 3. The number of hydrogen-bond acceptors (Lipinski definition) is 3. The van der Waals surface area contributed by atoms with Gasteiger partial charge in [0.25, 0.3) is 0 Å². The standard InChI is InChI=1S/C55H37NOS/c1-55(2)47-19-8-5-16-42(47)43-26-24-39(32-48(43)55)56(40-25-27-45-44-17-6-9-20-49(44)57-50(45)33-40)38-15-11-14-36(31-38)41-28-29-52-54(46-18-7-10-21-51(46)58-52)53(41)37-23-22-34-12-3-4-13-35(34)30-37/h3-33H,1-2H3. The van der Waals surface area contributed by atoms with Crippen LogP contribution in [0.4, 0.5) is 17.1 Å². The Hall–Kier alpha value is -6.94. The minimum Gasteiger partial charge on any atom is -0.456 e. The van der Waals surface area contributed by atoms with E-state index in [1.165, 1.54) is 75.5 Å². The first-order chi connectivity index (χ1) is 28.5. The van der Waals surface area contributed by atoms with Gasteiger partial charge in [0.15, 0.2) is 0 Å². The maximum absolute atomic E-state index is 6.50. The number of thiophene rings is 1. The monoisotopic (exact) mass is 759 g/mol. The molecular formula is C55H37NOS. The molecule has 9 aromatic carbocycles. The summed E-state index contributed by atoms with van der Waals surface area (Å²) in [6, 6.07) is 69.1. The summed E-state index contributed by atoms with van der Waals surface area (Å²) in [5.41, 5.74) is 15.1. The highest BCUT2D eigenvalue weighted by atomic mass is 32.1. The highest BCUT2D eigenvalue weighted by Crippen LogP contribution is 2.52. The Labute approximate surface area is 340 Å². The lowest BCUT2D eigenvalue weighted by Crippen LogP contribution is -2.16. The molecule has 0 bridgehead atoms. The summed E-state index contributed by atoms with van der Waals surface area (Å²) < 4.78 is 9.10. The van der Waals surface area contributed by atoms with Crippen LogP contribution in [0.25, 0.3) is 86.3 Å². The van der Waals surface area contributed by atoms with E-state index < -0.39 is 0 Å². The van der Waals surface area contributed by atoms with E-state index in [1.54, 1.807) is 0 Å². The summed E-state index contributed by atoms with van der Waals surface area (Å²) >= 11 is 1.87. The average molecular weight is 760 g/mol. The SMILES string of the molecule is CC1(C)c2ccccc2-c2ccc(N(c3cccc(-c4ccc5sc6ccccc6c5c4-c4ccc5ccccc5c4)c3)c3ccc4c(c3)oc3ccccc34)cc21. The van der Waals surface area contributed by atoms with Crippen LogP contribution in [0.1, 0.15) is 25.0 Å². The number of furan rings is 1. The van der Waals surface area contributed by atoms with E-state index in [2.05, 4.69) is 201 Å². The van der Waals surface area contributed by atoms with Crippen LogP contribution in [0.3, 0.4) is 0 Å². The maximum Gasteiger partial charge on any atom is 0.137 e. The molecule has 12 rings (SSSR count). The van der Waals surface area contributed by atoms with Crippen molar-refractivity contribution in [3.63, 3.8) is 0 Å². The molecular weight excluding hydrogens is 723 g/mol. The quantitative estimate of drug-likeness (QED) is 0.174. The highest BCUT2D eigenvalue weighted by molar-refractivity contribution is 7.26. The van der Waals surface area contributed by atoms with Crippen molar-refractivity contribution in [1.29, 1.82) is 0 Å². The van der Waals surface area contributed by atoms with Crippen molar-refractivity contribution >= 4 is 81.3 Å². The van der Waals surface area contributed by atoms with E-state index in [1.807, 2.05) is 17.4 Å². The second-order valence-electron chi connectivity index (χ2n) is 16.1. The van der Waals surface area contributed by atoms with Crippen LogP contribution >= 0.6 is 11.3 Å². The predicted octanol–water partition coefficient (Wildman–Crippen LogP) is 16.2. The molecule has 1 aliphatic carbocycles. The minimum absolute atomic E-state index is 0.133. The van der Waals surface area contributed by atoms with E-state index >= 15 is 0 Å². The van der Waals surface area contributed by atoms with Crippen molar-refractivity contribution in [3.8, 4) is 33.4 Å². The summed E-state index contributed by atoms with van der Waals surface area (Å²) in [6.45, 7) is 4.71. The van der Waals surface area contributed by atoms with Gasteiger partial charge in [0.1, 0.15) is 11.2 Å². The molecule has 1 aliphatic rings. The van der Waals surface area contributed by atoms with Crippen molar-refractivity contribution in [1.82, 2.24) is 0 Å². The lowest BCUT2D eigenvalue weighted by atomic mass is 9.82. The van der Waals surface area contributed by atoms with Crippen LogP contribution in [0.15, 0.2) is 192 Å². The number of nitrogens with zero attached hydrogens (tertiary/aromatic N) is 1. The summed E-state index contributed by atoms with van der Waals surface area (Å²) in [5, 5.41) is 7.35. The number of fused-ring (bicyclic) bond motifs is 10. The van der Waals surface area contributed by atoms with Crippen LogP contribution < -0.4 is 4.90 Å². The van der Waals surface area contributed by atoms with Crippen molar-refractivity contribution in [2.45, 2.75) is 19.3 Å². The molecule has 0 saturated carbocycles. The fraction of sp³-hybridized carbons (Fsp3) is 0.0545. The summed E-state index contributed by atoms with van der Waals surface area (Å²) in [5.74, 6) is 0. The summed E-state index contributed by atoms with van der Waals surface area (Å²) in [7, 11) is 0. The molecule has 0 spiro atoms. The van der Waals surface area contributed by atoms with E-state index in [0.717, 1.165) is 39.0 Å². The molecule has 2 aromatic heterocycles. The van der Waals surface area contributed by atoms with Gasteiger partial charge in [-0.05, 0) is 116 Å². The third-order valence-corrected chi connectivity index (χ3v) is 13.6. The molecule has 2 nitrogen and oxygen atoms in total. The van der Waals surface area contributed by atoms with Gasteiger partial charge in [0, 0.05) is 59.5 Å². The fourth-order valence-electron chi connectivity index (χ4n) is 9.65. The van der Waals surface area contributed by atoms with Gasteiger partial charge in [-0.3, -0.25) is 0 Å². The number of rotatable bonds is 5. The van der Waals surface area contributed by atoms with Crippen LogP contribution in [0, 0.1) is 0 Å². The van der Waals surface area contributed by atoms with Gasteiger partial charge in [-0.25, -0.2) is 0 Å². The zero-order valence-electron chi connectivity index (χ0n) is 32.2. The second kappa shape index (κ2) is 12.5.